The molecule has 0 aromatic carbocycles. The van der Waals surface area contributed by atoms with Gasteiger partial charge in [-0.2, -0.15) is 0 Å². The van der Waals surface area contributed by atoms with E-state index in [0.717, 1.165) is 24.4 Å². The van der Waals surface area contributed by atoms with Crippen LogP contribution in [0.4, 0.5) is 0 Å². The largest absolute Gasteiger partial charge is 0.330 e. The van der Waals surface area contributed by atoms with Crippen molar-refractivity contribution in [3.63, 3.8) is 0 Å². The molecule has 0 unspecified atom stereocenters. The molecule has 3 heteroatoms. The van der Waals surface area contributed by atoms with Gasteiger partial charge in [0.15, 0.2) is 0 Å². The van der Waals surface area contributed by atoms with E-state index in [9.17, 15) is 0 Å². The van der Waals surface area contributed by atoms with Crippen molar-refractivity contribution in [3.8, 4) is 0 Å². The summed E-state index contributed by atoms with van der Waals surface area (Å²) in [7, 11) is 0. The first-order valence-electron chi connectivity index (χ1n) is 9.51. The Morgan fingerprint density at radius 1 is 0.714 bits per heavy atom. The Labute approximate surface area is 131 Å². The van der Waals surface area contributed by atoms with E-state index in [1.807, 2.05) is 0 Å². The molecule has 2 aliphatic heterocycles. The number of nitrogens with zero attached hydrogens (tertiary/aromatic N) is 2. The van der Waals surface area contributed by atoms with Crippen molar-refractivity contribution in [1.29, 1.82) is 0 Å². The summed E-state index contributed by atoms with van der Waals surface area (Å²) >= 11 is 0. The van der Waals surface area contributed by atoms with E-state index in [4.69, 9.17) is 5.73 Å². The molecule has 2 heterocycles. The maximum absolute atomic E-state index is 5.80. The Morgan fingerprint density at radius 3 is 1.95 bits per heavy atom. The third-order valence-corrected chi connectivity index (χ3v) is 6.28. The molecule has 122 valence electrons. The number of piperidine rings is 2. The van der Waals surface area contributed by atoms with E-state index in [1.165, 1.54) is 90.5 Å². The third kappa shape index (κ3) is 4.43. The topological polar surface area (TPSA) is 32.5 Å². The maximum atomic E-state index is 5.80. The van der Waals surface area contributed by atoms with Crippen LogP contribution in [-0.4, -0.2) is 55.1 Å². The zero-order valence-electron chi connectivity index (χ0n) is 13.8. The van der Waals surface area contributed by atoms with Gasteiger partial charge in [-0.3, -0.25) is 0 Å². The Hall–Kier alpha value is -0.120. The van der Waals surface area contributed by atoms with E-state index in [2.05, 4.69) is 9.80 Å². The van der Waals surface area contributed by atoms with Gasteiger partial charge in [-0.05, 0) is 95.9 Å². The van der Waals surface area contributed by atoms with Gasteiger partial charge in [0, 0.05) is 12.6 Å². The van der Waals surface area contributed by atoms with Crippen LogP contribution in [-0.2, 0) is 0 Å². The smallest absolute Gasteiger partial charge is 0.0120 e. The first kappa shape index (κ1) is 15.8. The second kappa shape index (κ2) is 7.94. The number of rotatable bonds is 4. The van der Waals surface area contributed by atoms with Crippen molar-refractivity contribution in [2.75, 3.05) is 39.3 Å². The van der Waals surface area contributed by atoms with Gasteiger partial charge < -0.3 is 15.5 Å². The van der Waals surface area contributed by atoms with Crippen LogP contribution in [0.2, 0.25) is 0 Å². The Kier molecular flexibility index (Phi) is 5.96. The van der Waals surface area contributed by atoms with Gasteiger partial charge in [0.25, 0.3) is 0 Å². The fraction of sp³-hybridized carbons (Fsp3) is 1.00. The summed E-state index contributed by atoms with van der Waals surface area (Å²) in [4.78, 5) is 5.54. The molecule has 1 aliphatic carbocycles. The molecule has 0 bridgehead atoms. The van der Waals surface area contributed by atoms with Crippen LogP contribution in [0.15, 0.2) is 0 Å². The highest BCUT2D eigenvalue weighted by molar-refractivity contribution is 4.83. The minimum atomic E-state index is 0.825. The molecule has 3 rings (SSSR count). The summed E-state index contributed by atoms with van der Waals surface area (Å²) < 4.78 is 0. The van der Waals surface area contributed by atoms with Crippen LogP contribution in [0.5, 0.6) is 0 Å². The fourth-order valence-corrected chi connectivity index (χ4v) is 4.77. The maximum Gasteiger partial charge on any atom is 0.0120 e. The molecule has 0 amide bonds. The van der Waals surface area contributed by atoms with E-state index in [-0.39, 0.29) is 0 Å². The molecule has 0 spiro atoms. The zero-order valence-corrected chi connectivity index (χ0v) is 13.8. The molecule has 0 radical (unpaired) electrons. The normalized spacial score (nSPS) is 34.1. The van der Waals surface area contributed by atoms with Gasteiger partial charge in [0.1, 0.15) is 0 Å². The average Bonchev–Trinajstić information content (AvgIpc) is 2.57. The van der Waals surface area contributed by atoms with E-state index >= 15 is 0 Å². The number of likely N-dealkylation sites (tertiary alicyclic amines) is 2. The Bertz CT molecular complexity index is 285. The first-order valence-corrected chi connectivity index (χ1v) is 9.51. The van der Waals surface area contributed by atoms with Crippen LogP contribution < -0.4 is 5.73 Å². The van der Waals surface area contributed by atoms with Crippen molar-refractivity contribution in [1.82, 2.24) is 9.80 Å². The Morgan fingerprint density at radius 2 is 1.33 bits per heavy atom. The quantitative estimate of drug-likeness (QED) is 0.865. The SMILES string of the molecule is NCC1CCC(CN2CCC(N3CCCCC3)CC2)CC1. The summed E-state index contributed by atoms with van der Waals surface area (Å²) in [6, 6.07) is 0.898. The van der Waals surface area contributed by atoms with Gasteiger partial charge >= 0.3 is 0 Å². The summed E-state index contributed by atoms with van der Waals surface area (Å²) in [5.41, 5.74) is 5.80. The third-order valence-electron chi connectivity index (χ3n) is 6.28. The molecule has 0 atom stereocenters. The number of nitrogens with two attached hydrogens (primary N) is 1. The highest BCUT2D eigenvalue weighted by Gasteiger charge is 2.27. The average molecular weight is 293 g/mol. The molecular weight excluding hydrogens is 258 g/mol. The molecule has 2 saturated heterocycles. The van der Waals surface area contributed by atoms with Crippen LogP contribution in [0.3, 0.4) is 0 Å². The van der Waals surface area contributed by atoms with Crippen molar-refractivity contribution in [3.05, 3.63) is 0 Å². The van der Waals surface area contributed by atoms with Gasteiger partial charge in [0.2, 0.25) is 0 Å². The summed E-state index contributed by atoms with van der Waals surface area (Å²) in [6.45, 7) is 7.70. The molecule has 0 aromatic heterocycles. The van der Waals surface area contributed by atoms with Crippen molar-refractivity contribution in [2.24, 2.45) is 17.6 Å². The molecule has 3 fully saturated rings. The lowest BCUT2D eigenvalue weighted by molar-refractivity contribution is 0.0794. The molecule has 1 saturated carbocycles. The molecule has 3 aliphatic rings. The molecule has 3 nitrogen and oxygen atoms in total. The molecule has 2 N–H and O–H groups in total. The summed E-state index contributed by atoms with van der Waals surface area (Å²) in [6.07, 6.45) is 12.8. The lowest BCUT2D eigenvalue weighted by atomic mass is 9.81. The van der Waals surface area contributed by atoms with Gasteiger partial charge in [-0.15, -0.1) is 0 Å². The van der Waals surface area contributed by atoms with Crippen LogP contribution in [0.25, 0.3) is 0 Å². The monoisotopic (exact) mass is 293 g/mol. The first-order chi connectivity index (χ1) is 10.3. The van der Waals surface area contributed by atoms with Gasteiger partial charge in [-0.1, -0.05) is 6.42 Å². The van der Waals surface area contributed by atoms with Gasteiger partial charge in [0.05, 0.1) is 0 Å². The standard InChI is InChI=1S/C18H35N3/c19-14-16-4-6-17(7-5-16)15-20-12-8-18(9-13-20)21-10-2-1-3-11-21/h16-18H,1-15,19H2. The second-order valence-corrected chi connectivity index (χ2v) is 7.75. The molecule has 21 heavy (non-hydrogen) atoms. The lowest BCUT2D eigenvalue weighted by Gasteiger charge is -2.41. The minimum absolute atomic E-state index is 0.825. The minimum Gasteiger partial charge on any atom is -0.330 e. The van der Waals surface area contributed by atoms with Crippen LogP contribution in [0.1, 0.15) is 57.8 Å². The lowest BCUT2D eigenvalue weighted by Crippen LogP contribution is -2.47. The van der Waals surface area contributed by atoms with Crippen molar-refractivity contribution < 1.29 is 0 Å². The predicted octanol–water partition coefficient (Wildman–Crippen LogP) is 2.70. The van der Waals surface area contributed by atoms with Crippen molar-refractivity contribution in [2.45, 2.75) is 63.8 Å². The van der Waals surface area contributed by atoms with E-state index in [0.29, 0.717) is 0 Å². The van der Waals surface area contributed by atoms with Gasteiger partial charge in [-0.25, -0.2) is 0 Å². The highest BCUT2D eigenvalue weighted by atomic mass is 15.2. The highest BCUT2D eigenvalue weighted by Crippen LogP contribution is 2.30. The predicted molar refractivity (Wildman–Crippen MR) is 89.4 cm³/mol. The number of hydrogen-bond donors (Lipinski definition) is 1. The van der Waals surface area contributed by atoms with Crippen molar-refractivity contribution >= 4 is 0 Å². The molecule has 0 aromatic rings. The van der Waals surface area contributed by atoms with Crippen LogP contribution >= 0.6 is 0 Å². The molecular formula is C18H35N3. The zero-order chi connectivity index (χ0) is 14.5. The van der Waals surface area contributed by atoms with E-state index < -0.39 is 0 Å². The second-order valence-electron chi connectivity index (χ2n) is 7.75. The number of hydrogen-bond acceptors (Lipinski definition) is 3. The Balaban J connectivity index is 1.36. The summed E-state index contributed by atoms with van der Waals surface area (Å²) in [5, 5.41) is 0. The van der Waals surface area contributed by atoms with E-state index in [1.54, 1.807) is 0 Å². The van der Waals surface area contributed by atoms with Crippen LogP contribution in [0, 0.1) is 11.8 Å². The fourth-order valence-electron chi connectivity index (χ4n) is 4.77. The summed E-state index contributed by atoms with van der Waals surface area (Å²) in [5.74, 6) is 1.78.